The zero-order valence-electron chi connectivity index (χ0n) is 10.4. The molecule has 1 aliphatic rings. The highest BCUT2D eigenvalue weighted by Gasteiger charge is 2.45. The number of hydrogen-bond donors (Lipinski definition) is 3. The van der Waals surface area contributed by atoms with Gasteiger partial charge in [0.25, 0.3) is 0 Å². The standard InChI is InChI=1S/C10H18N4O5/c15-5-3-13(4-6-16)8-9(17)7-10(14(18)19)11-1-2-12-10/h1-2,9,15-17H,3-8H2. The summed E-state index contributed by atoms with van der Waals surface area (Å²) in [7, 11) is 0. The molecule has 0 bridgehead atoms. The van der Waals surface area contributed by atoms with E-state index in [1.165, 1.54) is 12.4 Å². The molecule has 9 heteroatoms. The average molecular weight is 274 g/mol. The second kappa shape index (κ2) is 7.24. The van der Waals surface area contributed by atoms with Gasteiger partial charge in [-0.15, -0.1) is 0 Å². The lowest BCUT2D eigenvalue weighted by atomic mass is 10.1. The Kier molecular flexibility index (Phi) is 5.96. The van der Waals surface area contributed by atoms with Crippen LogP contribution in [-0.2, 0) is 0 Å². The van der Waals surface area contributed by atoms with Gasteiger partial charge < -0.3 is 15.3 Å². The Morgan fingerprint density at radius 2 is 1.79 bits per heavy atom. The molecule has 0 aromatic heterocycles. The van der Waals surface area contributed by atoms with Crippen LogP contribution in [0.4, 0.5) is 0 Å². The van der Waals surface area contributed by atoms with Crippen LogP contribution in [-0.4, -0.2) is 82.3 Å². The molecule has 9 nitrogen and oxygen atoms in total. The highest BCUT2D eigenvalue weighted by Crippen LogP contribution is 2.23. The van der Waals surface area contributed by atoms with Crippen molar-refractivity contribution in [2.75, 3.05) is 32.8 Å². The van der Waals surface area contributed by atoms with Gasteiger partial charge in [-0.2, -0.15) is 9.98 Å². The number of nitrogens with zero attached hydrogens (tertiary/aromatic N) is 4. The van der Waals surface area contributed by atoms with E-state index in [2.05, 4.69) is 9.98 Å². The van der Waals surface area contributed by atoms with Crippen LogP contribution in [0.3, 0.4) is 0 Å². The van der Waals surface area contributed by atoms with Gasteiger partial charge in [-0.1, -0.05) is 0 Å². The molecule has 0 fully saturated rings. The van der Waals surface area contributed by atoms with Crippen LogP contribution in [0.1, 0.15) is 6.42 Å². The first-order valence-electron chi connectivity index (χ1n) is 5.90. The fourth-order valence-corrected chi connectivity index (χ4v) is 1.87. The molecule has 1 aliphatic heterocycles. The minimum atomic E-state index is -1.84. The third kappa shape index (κ3) is 4.31. The summed E-state index contributed by atoms with van der Waals surface area (Å²) in [5.74, 6) is -1.84. The maximum atomic E-state index is 11.0. The molecule has 0 amide bonds. The van der Waals surface area contributed by atoms with Crippen LogP contribution in [0.5, 0.6) is 0 Å². The van der Waals surface area contributed by atoms with E-state index < -0.39 is 16.8 Å². The number of nitro groups is 1. The number of aliphatic hydroxyl groups excluding tert-OH is 3. The SMILES string of the molecule is O=[N+]([O-])C1(CC(O)CN(CCO)CCO)N=CC=N1. The summed E-state index contributed by atoms with van der Waals surface area (Å²) in [5, 5.41) is 38.5. The molecule has 108 valence electrons. The summed E-state index contributed by atoms with van der Waals surface area (Å²) in [5.41, 5.74) is 0. The van der Waals surface area contributed by atoms with E-state index in [1.807, 2.05) is 0 Å². The largest absolute Gasteiger partial charge is 0.414 e. The zero-order valence-corrected chi connectivity index (χ0v) is 10.4. The fraction of sp³-hybridized carbons (Fsp3) is 0.800. The second-order valence-corrected chi connectivity index (χ2v) is 4.19. The van der Waals surface area contributed by atoms with Crippen molar-refractivity contribution in [3.05, 3.63) is 10.1 Å². The van der Waals surface area contributed by atoms with Gasteiger partial charge in [0.05, 0.1) is 30.7 Å². The highest BCUT2D eigenvalue weighted by molar-refractivity contribution is 6.17. The molecule has 0 saturated heterocycles. The van der Waals surface area contributed by atoms with Crippen LogP contribution in [0.15, 0.2) is 9.98 Å². The summed E-state index contributed by atoms with van der Waals surface area (Å²) >= 11 is 0. The maximum absolute atomic E-state index is 11.0. The predicted octanol–water partition coefficient (Wildman–Crippen LogP) is -1.89. The van der Waals surface area contributed by atoms with Gasteiger partial charge in [-0.3, -0.25) is 15.0 Å². The molecule has 1 rings (SSSR count). The summed E-state index contributed by atoms with van der Waals surface area (Å²) in [6.07, 6.45) is 1.18. The summed E-state index contributed by atoms with van der Waals surface area (Å²) < 4.78 is 0. The van der Waals surface area contributed by atoms with E-state index >= 15 is 0 Å². The van der Waals surface area contributed by atoms with E-state index in [0.29, 0.717) is 0 Å². The number of rotatable bonds is 9. The summed E-state index contributed by atoms with van der Waals surface area (Å²) in [4.78, 5) is 19.3. The van der Waals surface area contributed by atoms with E-state index in [0.717, 1.165) is 0 Å². The molecule has 3 N–H and O–H groups in total. The molecule has 0 saturated carbocycles. The van der Waals surface area contributed by atoms with Gasteiger partial charge in [0, 0.05) is 32.1 Å². The molecule has 0 radical (unpaired) electrons. The van der Waals surface area contributed by atoms with Crippen LogP contribution >= 0.6 is 0 Å². The number of aliphatic hydroxyl groups is 3. The van der Waals surface area contributed by atoms with Crippen molar-refractivity contribution in [3.8, 4) is 0 Å². The van der Waals surface area contributed by atoms with Crippen LogP contribution < -0.4 is 0 Å². The van der Waals surface area contributed by atoms with Crippen molar-refractivity contribution in [1.29, 1.82) is 0 Å². The molecular formula is C10H18N4O5. The number of hydrogen-bond acceptors (Lipinski definition) is 8. The summed E-state index contributed by atoms with van der Waals surface area (Å²) in [6.45, 7) is 0.403. The van der Waals surface area contributed by atoms with E-state index in [1.54, 1.807) is 4.90 Å². The molecular weight excluding hydrogens is 256 g/mol. The first kappa shape index (κ1) is 15.6. The number of aliphatic imine (C=N–C) groups is 2. The van der Waals surface area contributed by atoms with Gasteiger partial charge in [-0.25, -0.2) is 0 Å². The lowest BCUT2D eigenvalue weighted by molar-refractivity contribution is -0.568. The Morgan fingerprint density at radius 3 is 2.21 bits per heavy atom. The van der Waals surface area contributed by atoms with Crippen molar-refractivity contribution in [1.82, 2.24) is 4.90 Å². The first-order chi connectivity index (χ1) is 9.04. The minimum Gasteiger partial charge on any atom is -0.395 e. The predicted molar refractivity (Wildman–Crippen MR) is 67.9 cm³/mol. The van der Waals surface area contributed by atoms with Crippen molar-refractivity contribution in [2.45, 2.75) is 18.3 Å². The molecule has 0 spiro atoms. The molecule has 0 aliphatic carbocycles. The van der Waals surface area contributed by atoms with E-state index in [9.17, 15) is 15.2 Å². The quantitative estimate of drug-likeness (QED) is 0.333. The Hall–Kier alpha value is -1.42. The zero-order chi connectivity index (χ0) is 14.3. The molecule has 1 heterocycles. The third-order valence-corrected chi connectivity index (χ3v) is 2.73. The van der Waals surface area contributed by atoms with Gasteiger partial charge >= 0.3 is 5.79 Å². The van der Waals surface area contributed by atoms with Gasteiger partial charge in [0.2, 0.25) is 0 Å². The molecule has 19 heavy (non-hydrogen) atoms. The molecule has 0 aromatic carbocycles. The molecule has 1 unspecified atom stereocenters. The highest BCUT2D eigenvalue weighted by atomic mass is 16.6. The van der Waals surface area contributed by atoms with Crippen LogP contribution in [0.2, 0.25) is 0 Å². The average Bonchev–Trinajstić information content (AvgIpc) is 2.79. The smallest absolute Gasteiger partial charge is 0.395 e. The van der Waals surface area contributed by atoms with Crippen LogP contribution in [0, 0.1) is 10.1 Å². The van der Waals surface area contributed by atoms with E-state index in [-0.39, 0.29) is 39.3 Å². The van der Waals surface area contributed by atoms with Crippen molar-refractivity contribution < 1.29 is 20.2 Å². The Balaban J connectivity index is 2.57. The Labute approximate surface area is 110 Å². The normalized spacial score (nSPS) is 18.1. The third-order valence-electron chi connectivity index (χ3n) is 2.73. The van der Waals surface area contributed by atoms with Gasteiger partial charge in [-0.05, 0) is 0 Å². The maximum Gasteiger partial charge on any atom is 0.414 e. The monoisotopic (exact) mass is 274 g/mol. The minimum absolute atomic E-state index is 0.0990. The van der Waals surface area contributed by atoms with Crippen molar-refractivity contribution in [3.63, 3.8) is 0 Å². The van der Waals surface area contributed by atoms with E-state index in [4.69, 9.17) is 10.2 Å². The van der Waals surface area contributed by atoms with Crippen LogP contribution in [0.25, 0.3) is 0 Å². The topological polar surface area (TPSA) is 132 Å². The second-order valence-electron chi connectivity index (χ2n) is 4.19. The Morgan fingerprint density at radius 1 is 1.26 bits per heavy atom. The first-order valence-corrected chi connectivity index (χ1v) is 5.90. The lowest BCUT2D eigenvalue weighted by Gasteiger charge is -2.25. The lowest BCUT2D eigenvalue weighted by Crippen LogP contribution is -2.42. The summed E-state index contributed by atoms with van der Waals surface area (Å²) in [6, 6.07) is 0. The van der Waals surface area contributed by atoms with Crippen molar-refractivity contribution >= 4 is 12.4 Å². The fourth-order valence-electron chi connectivity index (χ4n) is 1.87. The van der Waals surface area contributed by atoms with Gasteiger partial charge in [0.1, 0.15) is 0 Å². The molecule has 0 aromatic rings. The Bertz CT molecular complexity index is 342. The van der Waals surface area contributed by atoms with Gasteiger partial charge in [0.15, 0.2) is 0 Å². The molecule has 1 atom stereocenters. The van der Waals surface area contributed by atoms with Crippen molar-refractivity contribution in [2.24, 2.45) is 9.98 Å².